The molecule has 18 nitrogen and oxygen atoms in total. The number of carbonyl (C=O) groups excluding carboxylic acids is 5. The molecule has 9 rings (SSSR count). The van der Waals surface area contributed by atoms with Gasteiger partial charge >= 0.3 is 12.0 Å². The third-order valence-electron chi connectivity index (χ3n) is 15.5. The molecule has 1 aromatic carbocycles. The Morgan fingerprint density at radius 3 is 2.58 bits per heavy atom. The summed E-state index contributed by atoms with van der Waals surface area (Å²) in [6, 6.07) is 7.31. The number of cyclic esters (lactones) is 1. The normalized spacial score (nSPS) is 22.2. The number of amides is 5. The standard InChI is InChI=1S/C55H74N10O8S/c1-9-63-44-17-16-37-29-39(44)40(49(63)38-13-10-20-56-47(38)36(4)71-8)31-54(5,6)34-73-52(69)41-14-11-22-65(59-41)51(68)42(30-45-57-43(37)32-74-45)58-50(67)48(35(2)3)60(7)53(70)62-23-24-64(55(33-62)18-19-55)46(66)15-12-21-61-25-27-72-28-26-61/h10,12-13,15-17,20,29,32,35-36,41-42,48,59H,9,11,14,18-19,21-28,30-31,33-34H2,1-8H3,(H,58,67)/b15-12+/t36-,41-,42-,48-/m0/s1. The van der Waals surface area contributed by atoms with Crippen molar-refractivity contribution in [1.82, 2.24) is 49.9 Å². The van der Waals surface area contributed by atoms with Crippen LogP contribution in [-0.2, 0) is 52.8 Å². The largest absolute Gasteiger partial charge is 0.464 e. The van der Waals surface area contributed by atoms with Crippen LogP contribution < -0.4 is 10.7 Å². The minimum Gasteiger partial charge on any atom is -0.464 e. The number of nitrogens with one attached hydrogen (secondary N) is 2. The van der Waals surface area contributed by atoms with E-state index in [-0.39, 0.29) is 37.0 Å². The molecule has 74 heavy (non-hydrogen) atoms. The van der Waals surface area contributed by atoms with Crippen molar-refractivity contribution in [3.8, 4) is 22.5 Å². The fourth-order valence-corrected chi connectivity index (χ4v) is 12.2. The molecular weight excluding hydrogens is 961 g/mol. The van der Waals surface area contributed by atoms with Gasteiger partial charge in [-0.05, 0) is 81.7 Å². The van der Waals surface area contributed by atoms with Gasteiger partial charge in [0.25, 0.3) is 5.91 Å². The van der Waals surface area contributed by atoms with Gasteiger partial charge in [0.2, 0.25) is 11.8 Å². The van der Waals surface area contributed by atoms with Crippen molar-refractivity contribution in [3.05, 3.63) is 70.3 Å². The number of aromatic nitrogens is 3. The summed E-state index contributed by atoms with van der Waals surface area (Å²) in [4.78, 5) is 88.8. The van der Waals surface area contributed by atoms with Gasteiger partial charge < -0.3 is 38.8 Å². The Hall–Kier alpha value is -5.73. The van der Waals surface area contributed by atoms with Gasteiger partial charge in [-0.25, -0.2) is 15.2 Å². The highest BCUT2D eigenvalue weighted by Crippen LogP contribution is 2.45. The first-order valence-corrected chi connectivity index (χ1v) is 27.3. The fourth-order valence-electron chi connectivity index (χ4n) is 11.3. The van der Waals surface area contributed by atoms with Crippen LogP contribution in [0.2, 0.25) is 0 Å². The number of methoxy groups -OCH3 is 1. The summed E-state index contributed by atoms with van der Waals surface area (Å²) in [5.41, 5.74) is 8.86. The van der Waals surface area contributed by atoms with Crippen LogP contribution in [0.5, 0.6) is 0 Å². The molecule has 7 heterocycles. The van der Waals surface area contributed by atoms with Crippen LogP contribution in [0.1, 0.15) is 89.6 Å². The van der Waals surface area contributed by atoms with E-state index < -0.39 is 46.9 Å². The van der Waals surface area contributed by atoms with E-state index in [4.69, 9.17) is 24.2 Å². The van der Waals surface area contributed by atoms with Crippen LogP contribution in [0.15, 0.2) is 54.1 Å². The zero-order valence-corrected chi connectivity index (χ0v) is 45.2. The predicted molar refractivity (Wildman–Crippen MR) is 283 cm³/mol. The van der Waals surface area contributed by atoms with Crippen molar-refractivity contribution in [2.75, 3.05) is 79.8 Å². The summed E-state index contributed by atoms with van der Waals surface area (Å²) in [6.07, 6.45) is 8.35. The molecule has 6 bridgehead atoms. The number of hydrogen-bond donors (Lipinski definition) is 2. The van der Waals surface area contributed by atoms with Crippen LogP contribution >= 0.6 is 11.3 Å². The molecular formula is C55H74N10O8S. The van der Waals surface area contributed by atoms with Crippen LogP contribution in [0.25, 0.3) is 33.4 Å². The zero-order chi connectivity index (χ0) is 52.5. The van der Waals surface area contributed by atoms with Crippen molar-refractivity contribution in [2.24, 2.45) is 11.3 Å². The first kappa shape index (κ1) is 53.1. The molecule has 0 radical (unpaired) electrons. The number of hydrazine groups is 1. The second-order valence-electron chi connectivity index (χ2n) is 21.8. The Morgan fingerprint density at radius 2 is 1.85 bits per heavy atom. The summed E-state index contributed by atoms with van der Waals surface area (Å²) in [7, 11) is 3.32. The van der Waals surface area contributed by atoms with Crippen molar-refractivity contribution in [3.63, 3.8) is 0 Å². The van der Waals surface area contributed by atoms with E-state index in [1.165, 1.54) is 21.2 Å². The molecule has 1 spiro atoms. The smallest absolute Gasteiger partial charge is 0.324 e. The third-order valence-corrected chi connectivity index (χ3v) is 16.4. The molecule has 398 valence electrons. The van der Waals surface area contributed by atoms with Gasteiger partial charge in [-0.1, -0.05) is 39.8 Å². The summed E-state index contributed by atoms with van der Waals surface area (Å²) < 4.78 is 19.7. The number of nitrogens with zero attached hydrogens (tertiary/aromatic N) is 8. The quantitative estimate of drug-likeness (QED) is 0.135. The minimum absolute atomic E-state index is 0.0488. The maximum absolute atomic E-state index is 14.8. The number of aryl methyl sites for hydroxylation is 1. The molecule has 1 saturated carbocycles. The highest BCUT2D eigenvalue weighted by atomic mass is 32.1. The van der Waals surface area contributed by atoms with E-state index >= 15 is 0 Å². The highest BCUT2D eigenvalue weighted by Gasteiger charge is 2.54. The number of fused-ring (bicyclic) bond motifs is 6. The SMILES string of the molecule is CCn1c(-c2cccnc2[C@H](C)OC)c2c3cc(ccc31)-c1csc(n1)C[C@H](NC(=O)[C@H](C(C)C)N(C)C(=O)N1CCN(C(=O)/C=C/CN3CCOCC3)C3(CC3)C1)C(=O)N1CCC[C@H](N1)C(=O)OCC(C)(C)C2. The molecule has 19 heteroatoms. The predicted octanol–water partition coefficient (Wildman–Crippen LogP) is 5.84. The Morgan fingerprint density at radius 1 is 1.07 bits per heavy atom. The van der Waals surface area contributed by atoms with Crippen molar-refractivity contribution >= 4 is 52.0 Å². The maximum Gasteiger partial charge on any atom is 0.324 e. The average molecular weight is 1040 g/mol. The van der Waals surface area contributed by atoms with E-state index in [0.29, 0.717) is 76.8 Å². The maximum atomic E-state index is 14.8. The number of pyridine rings is 1. The molecule has 4 aliphatic heterocycles. The van der Waals surface area contributed by atoms with E-state index in [1.807, 2.05) is 43.2 Å². The number of likely N-dealkylation sites (N-methyl/N-ethyl adjacent to an activating group) is 1. The van der Waals surface area contributed by atoms with Crippen molar-refractivity contribution in [1.29, 1.82) is 0 Å². The first-order valence-electron chi connectivity index (χ1n) is 26.4. The number of piperazine rings is 1. The lowest BCUT2D eigenvalue weighted by Gasteiger charge is -2.44. The molecule has 4 fully saturated rings. The second kappa shape index (κ2) is 22.2. The van der Waals surface area contributed by atoms with E-state index in [9.17, 15) is 24.0 Å². The highest BCUT2D eigenvalue weighted by molar-refractivity contribution is 7.10. The molecule has 4 atom stereocenters. The van der Waals surface area contributed by atoms with Gasteiger partial charge in [0.15, 0.2) is 0 Å². The Labute approximate surface area is 438 Å². The summed E-state index contributed by atoms with van der Waals surface area (Å²) in [5, 5.41) is 8.18. The van der Waals surface area contributed by atoms with E-state index in [2.05, 4.69) is 65.2 Å². The van der Waals surface area contributed by atoms with Gasteiger partial charge in [0.1, 0.15) is 18.1 Å². The zero-order valence-electron chi connectivity index (χ0n) is 44.4. The summed E-state index contributed by atoms with van der Waals surface area (Å²) in [6.45, 7) is 18.1. The van der Waals surface area contributed by atoms with Crippen LogP contribution in [0.4, 0.5) is 4.79 Å². The number of thiazole rings is 1. The van der Waals surface area contributed by atoms with Crippen molar-refractivity contribution in [2.45, 2.75) is 116 Å². The van der Waals surface area contributed by atoms with Gasteiger partial charge in [-0.3, -0.25) is 34.1 Å². The van der Waals surface area contributed by atoms with Gasteiger partial charge in [0.05, 0.1) is 53.6 Å². The topological polar surface area (TPSA) is 184 Å². The number of morpholine rings is 1. The lowest BCUT2D eigenvalue weighted by molar-refractivity contribution is -0.155. The molecule has 3 saturated heterocycles. The van der Waals surface area contributed by atoms with Gasteiger partial charge in [-0.2, -0.15) is 0 Å². The number of urea groups is 1. The minimum atomic E-state index is -1.09. The Balaban J connectivity index is 0.986. The molecule has 3 aromatic heterocycles. The van der Waals surface area contributed by atoms with Crippen molar-refractivity contribution < 1.29 is 38.2 Å². The van der Waals surface area contributed by atoms with E-state index in [1.54, 1.807) is 31.3 Å². The summed E-state index contributed by atoms with van der Waals surface area (Å²) in [5.74, 6) is -1.73. The Bertz CT molecular complexity index is 2760. The first-order chi connectivity index (χ1) is 35.5. The molecule has 5 amide bonds. The van der Waals surface area contributed by atoms with Crippen LogP contribution in [-0.4, -0.2) is 172 Å². The van der Waals surface area contributed by atoms with Gasteiger partial charge in [0, 0.05) is 118 Å². The van der Waals surface area contributed by atoms with Crippen LogP contribution in [0, 0.1) is 11.3 Å². The number of esters is 1. The molecule has 0 unspecified atom stereocenters. The molecule has 4 aromatic rings. The molecule has 2 N–H and O–H groups in total. The number of ether oxygens (including phenoxy) is 3. The number of rotatable bonds is 11. The van der Waals surface area contributed by atoms with Crippen LogP contribution in [0.3, 0.4) is 0 Å². The average Bonchev–Trinajstić information content (AvgIpc) is 3.87. The lowest BCUT2D eigenvalue weighted by Crippen LogP contribution is -2.64. The summed E-state index contributed by atoms with van der Waals surface area (Å²) >= 11 is 1.41. The fraction of sp³-hybridized carbons (Fsp3) is 0.582. The van der Waals surface area contributed by atoms with E-state index in [0.717, 1.165) is 70.6 Å². The molecule has 5 aliphatic rings. The Kier molecular flexibility index (Phi) is 16.0. The lowest BCUT2D eigenvalue weighted by atomic mass is 9.84. The molecule has 1 aliphatic carbocycles. The third kappa shape index (κ3) is 11.1. The number of carbonyl (C=O) groups is 5. The second-order valence-corrected chi connectivity index (χ2v) is 22.7. The number of benzene rings is 1. The van der Waals surface area contributed by atoms with Gasteiger partial charge in [-0.15, -0.1) is 11.3 Å². The monoisotopic (exact) mass is 1030 g/mol. The number of hydrogen-bond acceptors (Lipinski definition) is 13.